The molecule has 0 saturated heterocycles. The monoisotopic (exact) mass is 286 g/mol. The van der Waals surface area contributed by atoms with E-state index in [2.05, 4.69) is 29.1 Å². The molecule has 0 radical (unpaired) electrons. The number of aromatic hydroxyl groups is 1. The first-order valence-electron chi connectivity index (χ1n) is 7.22. The summed E-state index contributed by atoms with van der Waals surface area (Å²) in [5, 5.41) is 13.2. The van der Waals surface area contributed by atoms with Crippen LogP contribution in [0.2, 0.25) is 0 Å². The summed E-state index contributed by atoms with van der Waals surface area (Å²) < 4.78 is 0. The Kier molecular flexibility index (Phi) is 5.11. The lowest BCUT2D eigenvalue weighted by molar-refractivity contribution is 0.477. The van der Waals surface area contributed by atoms with Gasteiger partial charge >= 0.3 is 0 Å². The quantitative estimate of drug-likeness (QED) is 0.711. The van der Waals surface area contributed by atoms with E-state index in [9.17, 15) is 5.11 Å². The number of nitrogens with zero attached hydrogens (tertiary/aromatic N) is 2. The van der Waals surface area contributed by atoms with Crippen molar-refractivity contribution in [1.82, 2.24) is 9.97 Å². The minimum atomic E-state index is 0.191. The molecule has 0 amide bonds. The molecule has 21 heavy (non-hydrogen) atoms. The van der Waals surface area contributed by atoms with Gasteiger partial charge < -0.3 is 16.2 Å². The normalized spacial score (nSPS) is 10.9. The molecule has 0 spiro atoms. The van der Waals surface area contributed by atoms with E-state index in [-0.39, 0.29) is 11.7 Å². The first-order valence-corrected chi connectivity index (χ1v) is 7.22. The number of phenolic OH excluding ortho intramolecular Hbond substituents is 1. The van der Waals surface area contributed by atoms with Crippen molar-refractivity contribution in [3.8, 4) is 17.1 Å². The summed E-state index contributed by atoms with van der Waals surface area (Å²) >= 11 is 0. The SMILES string of the molecule is CC(C)c1nc(-c2ccccc2O)ncc1NCCCN. The molecule has 2 aromatic rings. The number of hydrogen-bond acceptors (Lipinski definition) is 5. The molecule has 4 N–H and O–H groups in total. The largest absolute Gasteiger partial charge is 0.507 e. The van der Waals surface area contributed by atoms with Crippen LogP contribution in [0.5, 0.6) is 5.75 Å². The Morgan fingerprint density at radius 1 is 1.29 bits per heavy atom. The van der Waals surface area contributed by atoms with Gasteiger partial charge in [0.2, 0.25) is 0 Å². The molecule has 1 heterocycles. The van der Waals surface area contributed by atoms with Crippen molar-refractivity contribution in [3.05, 3.63) is 36.2 Å². The second-order valence-corrected chi connectivity index (χ2v) is 5.23. The van der Waals surface area contributed by atoms with Crippen molar-refractivity contribution in [2.24, 2.45) is 5.73 Å². The zero-order valence-corrected chi connectivity index (χ0v) is 12.5. The molecule has 0 atom stereocenters. The fourth-order valence-electron chi connectivity index (χ4n) is 2.09. The third-order valence-electron chi connectivity index (χ3n) is 3.21. The Hall–Kier alpha value is -2.14. The number of nitrogens with two attached hydrogens (primary N) is 1. The van der Waals surface area contributed by atoms with Crippen LogP contribution in [0.1, 0.15) is 31.9 Å². The van der Waals surface area contributed by atoms with Crippen molar-refractivity contribution in [1.29, 1.82) is 0 Å². The minimum Gasteiger partial charge on any atom is -0.507 e. The van der Waals surface area contributed by atoms with Gasteiger partial charge in [-0.2, -0.15) is 0 Å². The Balaban J connectivity index is 2.34. The zero-order chi connectivity index (χ0) is 15.2. The number of nitrogens with one attached hydrogen (secondary N) is 1. The highest BCUT2D eigenvalue weighted by molar-refractivity contribution is 5.65. The highest BCUT2D eigenvalue weighted by Gasteiger charge is 2.13. The lowest BCUT2D eigenvalue weighted by Gasteiger charge is -2.14. The van der Waals surface area contributed by atoms with Crippen LogP contribution in [0.25, 0.3) is 11.4 Å². The van der Waals surface area contributed by atoms with Crippen LogP contribution in [-0.2, 0) is 0 Å². The Morgan fingerprint density at radius 3 is 2.71 bits per heavy atom. The average Bonchev–Trinajstić information content (AvgIpc) is 2.48. The Bertz CT molecular complexity index is 599. The van der Waals surface area contributed by atoms with Crippen molar-refractivity contribution in [3.63, 3.8) is 0 Å². The molecule has 0 unspecified atom stereocenters. The molecule has 0 aliphatic rings. The van der Waals surface area contributed by atoms with Gasteiger partial charge in [0, 0.05) is 6.54 Å². The number of hydrogen-bond donors (Lipinski definition) is 3. The summed E-state index contributed by atoms with van der Waals surface area (Å²) in [6, 6.07) is 7.10. The van der Waals surface area contributed by atoms with Crippen molar-refractivity contribution in [2.45, 2.75) is 26.2 Å². The van der Waals surface area contributed by atoms with Gasteiger partial charge in [0.1, 0.15) is 5.75 Å². The fourth-order valence-corrected chi connectivity index (χ4v) is 2.09. The maximum absolute atomic E-state index is 9.93. The summed E-state index contributed by atoms with van der Waals surface area (Å²) in [6.45, 7) is 5.63. The number of para-hydroxylation sites is 1. The summed E-state index contributed by atoms with van der Waals surface area (Å²) in [5.41, 5.74) is 8.03. The zero-order valence-electron chi connectivity index (χ0n) is 12.5. The molecule has 0 bridgehead atoms. The standard InChI is InChI=1S/C16H22N4O/c1-11(2)15-13(18-9-5-8-17)10-19-16(20-15)12-6-3-4-7-14(12)21/h3-4,6-7,10-11,18,21H,5,8-9,17H2,1-2H3. The van der Waals surface area contributed by atoms with Gasteiger partial charge in [0.05, 0.1) is 23.1 Å². The number of benzene rings is 1. The van der Waals surface area contributed by atoms with Gasteiger partial charge in [0.15, 0.2) is 5.82 Å². The summed E-state index contributed by atoms with van der Waals surface area (Å²) in [4.78, 5) is 8.98. The van der Waals surface area contributed by atoms with Crippen LogP contribution in [-0.4, -0.2) is 28.2 Å². The van der Waals surface area contributed by atoms with Gasteiger partial charge in [-0.3, -0.25) is 0 Å². The molecule has 5 heteroatoms. The smallest absolute Gasteiger partial charge is 0.163 e. The molecule has 5 nitrogen and oxygen atoms in total. The van der Waals surface area contributed by atoms with E-state index >= 15 is 0 Å². The van der Waals surface area contributed by atoms with Gasteiger partial charge in [-0.25, -0.2) is 9.97 Å². The highest BCUT2D eigenvalue weighted by atomic mass is 16.3. The fraction of sp³-hybridized carbons (Fsp3) is 0.375. The molecule has 2 rings (SSSR count). The maximum atomic E-state index is 9.93. The molecule has 1 aromatic heterocycles. The van der Waals surface area contributed by atoms with E-state index in [1.54, 1.807) is 18.3 Å². The van der Waals surface area contributed by atoms with Crippen LogP contribution in [0, 0.1) is 0 Å². The van der Waals surface area contributed by atoms with Crippen molar-refractivity contribution >= 4 is 5.69 Å². The molecule has 1 aromatic carbocycles. The molecular weight excluding hydrogens is 264 g/mol. The molecular formula is C16H22N4O. The van der Waals surface area contributed by atoms with E-state index in [1.165, 1.54) is 0 Å². The first-order chi connectivity index (χ1) is 10.1. The number of aromatic nitrogens is 2. The average molecular weight is 286 g/mol. The minimum absolute atomic E-state index is 0.191. The van der Waals surface area contributed by atoms with Crippen LogP contribution in [0.3, 0.4) is 0 Å². The molecule has 112 valence electrons. The van der Waals surface area contributed by atoms with E-state index < -0.39 is 0 Å². The van der Waals surface area contributed by atoms with Crippen LogP contribution in [0.4, 0.5) is 5.69 Å². The van der Waals surface area contributed by atoms with Crippen LogP contribution in [0.15, 0.2) is 30.5 Å². The number of rotatable bonds is 6. The number of phenols is 1. The number of anilines is 1. The van der Waals surface area contributed by atoms with E-state index in [1.807, 2.05) is 12.1 Å². The van der Waals surface area contributed by atoms with Crippen LogP contribution >= 0.6 is 0 Å². The maximum Gasteiger partial charge on any atom is 0.163 e. The van der Waals surface area contributed by atoms with Gasteiger partial charge in [-0.15, -0.1) is 0 Å². The topological polar surface area (TPSA) is 84.1 Å². The van der Waals surface area contributed by atoms with Crippen molar-refractivity contribution < 1.29 is 5.11 Å². The third kappa shape index (κ3) is 3.70. The molecule has 0 fully saturated rings. The predicted octanol–water partition coefficient (Wildman–Crippen LogP) is 2.73. The van der Waals surface area contributed by atoms with Crippen molar-refractivity contribution in [2.75, 3.05) is 18.4 Å². The molecule has 0 saturated carbocycles. The van der Waals surface area contributed by atoms with Crippen LogP contribution < -0.4 is 11.1 Å². The Labute approximate surface area is 125 Å². The lowest BCUT2D eigenvalue weighted by Crippen LogP contribution is -2.11. The highest BCUT2D eigenvalue weighted by Crippen LogP contribution is 2.29. The molecule has 0 aliphatic heterocycles. The van der Waals surface area contributed by atoms with Gasteiger partial charge in [-0.05, 0) is 31.0 Å². The van der Waals surface area contributed by atoms with Gasteiger partial charge in [0.25, 0.3) is 0 Å². The van der Waals surface area contributed by atoms with E-state index in [0.717, 1.165) is 24.3 Å². The summed E-state index contributed by atoms with van der Waals surface area (Å²) in [7, 11) is 0. The second-order valence-electron chi connectivity index (χ2n) is 5.23. The summed E-state index contributed by atoms with van der Waals surface area (Å²) in [6.07, 6.45) is 2.68. The third-order valence-corrected chi connectivity index (χ3v) is 3.21. The van der Waals surface area contributed by atoms with E-state index in [0.29, 0.717) is 17.9 Å². The van der Waals surface area contributed by atoms with Gasteiger partial charge in [-0.1, -0.05) is 26.0 Å². The predicted molar refractivity (Wildman–Crippen MR) is 85.4 cm³/mol. The second kappa shape index (κ2) is 7.04. The lowest BCUT2D eigenvalue weighted by atomic mass is 10.1. The Morgan fingerprint density at radius 2 is 2.05 bits per heavy atom. The van der Waals surface area contributed by atoms with E-state index in [4.69, 9.17) is 5.73 Å². The molecule has 0 aliphatic carbocycles. The first kappa shape index (κ1) is 15.3. The summed E-state index contributed by atoms with van der Waals surface area (Å²) in [5.74, 6) is 0.996.